The SMILES string of the molecule is CO.CO.[Br-].[Co+2].[Co+2].[O-][Cl+3]([O-])([O-])[O-].[O-][Cl+3]([O-])([O-])[O-].[O-][Cl+3]([O-])([O-])[O-].c1cc2cc(c1)CNCCN1CCNCc3cccc(c3)CNCCN(CCNC2)CCNCc2cccc(c2)CNCC1. The molecule has 3 heterocycles. The number of fused-ring (bicyclic) bond motifs is 18. The fourth-order valence-electron chi connectivity index (χ4n) is 6.04. The van der Waals surface area contributed by atoms with Gasteiger partial charge < -0.3 is 59.1 Å². The van der Waals surface area contributed by atoms with Gasteiger partial charge in [0.2, 0.25) is 0 Å². The first-order valence-electron chi connectivity index (χ1n) is 19.5. The normalized spacial score (nSPS) is 18.0. The van der Waals surface area contributed by atoms with Crippen molar-refractivity contribution in [2.45, 2.75) is 39.3 Å². The molecule has 3 aliphatic rings. The number of nitrogens with one attached hydrogen (secondary N) is 6. The summed E-state index contributed by atoms with van der Waals surface area (Å²) in [4.78, 5) is 5.16. The van der Waals surface area contributed by atoms with Crippen molar-refractivity contribution < 1.29 is 147 Å². The van der Waals surface area contributed by atoms with Crippen LogP contribution in [0.1, 0.15) is 33.4 Å². The molecule has 6 rings (SSSR count). The van der Waals surface area contributed by atoms with Gasteiger partial charge in [-0.25, -0.2) is 55.9 Å². The van der Waals surface area contributed by atoms with Gasteiger partial charge in [-0.05, 0) is 33.4 Å². The van der Waals surface area contributed by atoms with Crippen molar-refractivity contribution in [1.82, 2.24) is 41.7 Å². The number of aliphatic hydroxyl groups is 2. The second-order valence-electron chi connectivity index (χ2n) is 13.3. The Morgan fingerprint density at radius 1 is 0.348 bits per heavy atom. The van der Waals surface area contributed by atoms with Gasteiger partial charge in [0.25, 0.3) is 0 Å². The number of hydrogen-bond acceptors (Lipinski definition) is 22. The van der Waals surface area contributed by atoms with Crippen LogP contribution in [0, 0.1) is 30.7 Å². The minimum absolute atomic E-state index is 0. The number of benzene rings is 3. The van der Waals surface area contributed by atoms with E-state index in [0.717, 1.165) is 132 Å². The van der Waals surface area contributed by atoms with Crippen molar-refractivity contribution in [3.8, 4) is 0 Å². The van der Waals surface area contributed by atoms with E-state index in [-0.39, 0.29) is 50.5 Å². The largest absolute Gasteiger partial charge is 2.00 e. The van der Waals surface area contributed by atoms with E-state index in [1.165, 1.54) is 33.4 Å². The smallest absolute Gasteiger partial charge is 1.00 e. The van der Waals surface area contributed by atoms with Crippen LogP contribution in [0.15, 0.2) is 72.8 Å². The van der Waals surface area contributed by atoms with Crippen molar-refractivity contribution in [3.63, 3.8) is 0 Å². The predicted molar refractivity (Wildman–Crippen MR) is 199 cm³/mol. The van der Waals surface area contributed by atoms with Crippen LogP contribution in [0.4, 0.5) is 0 Å². The van der Waals surface area contributed by atoms with E-state index in [1.807, 2.05) is 0 Å². The van der Waals surface area contributed by atoms with Gasteiger partial charge in [-0.3, -0.25) is 9.80 Å². The van der Waals surface area contributed by atoms with E-state index in [4.69, 9.17) is 66.1 Å². The molecule has 0 spiro atoms. The van der Waals surface area contributed by atoms with Gasteiger partial charge in [0.1, 0.15) is 0 Å². The van der Waals surface area contributed by atoms with Gasteiger partial charge in [0.05, 0.1) is 0 Å². The maximum absolute atomic E-state index is 8.49. The van der Waals surface area contributed by atoms with Gasteiger partial charge in [-0.2, -0.15) is 0 Å². The Morgan fingerprint density at radius 3 is 0.621 bits per heavy atom. The summed E-state index contributed by atoms with van der Waals surface area (Å²) in [6, 6.07) is 27.0. The molecule has 3 aromatic carbocycles. The van der Waals surface area contributed by atoms with Crippen molar-refractivity contribution >= 4 is 0 Å². The summed E-state index contributed by atoms with van der Waals surface area (Å²) < 4.78 is 102. The molecule has 0 aliphatic carbocycles. The maximum Gasteiger partial charge on any atom is 2.00 e. The molecule has 0 saturated heterocycles. The summed E-state index contributed by atoms with van der Waals surface area (Å²) in [7, 11) is -12.8. The quantitative estimate of drug-likeness (QED) is 0.104. The predicted octanol–water partition coefficient (Wildman–Crippen LogP) is -15.8. The summed E-state index contributed by atoms with van der Waals surface area (Å²) in [6.07, 6.45) is 0. The minimum atomic E-state index is -4.94. The number of aliphatic hydroxyl groups excluding tert-OH is 2. The van der Waals surface area contributed by atoms with Crippen LogP contribution in [-0.4, -0.2) is 113 Å². The molecule has 3 aliphatic heterocycles. The van der Waals surface area contributed by atoms with E-state index < -0.39 is 30.7 Å². The third kappa shape index (κ3) is 48.2. The summed E-state index contributed by atoms with van der Waals surface area (Å²) in [5.74, 6) is 0. The molecule has 22 nitrogen and oxygen atoms in total. The van der Waals surface area contributed by atoms with Gasteiger partial charge >= 0.3 is 33.6 Å². The molecule has 8 N–H and O–H groups in total. The third-order valence-electron chi connectivity index (χ3n) is 8.58. The van der Waals surface area contributed by atoms with Crippen LogP contribution in [0.5, 0.6) is 0 Å². The first kappa shape index (κ1) is 71.7. The van der Waals surface area contributed by atoms with Crippen molar-refractivity contribution in [2.24, 2.45) is 0 Å². The standard InChI is InChI=1S/C36H54N8.2CH4O.BrH.3ClHO4.2Co/c1-4-31-22-32(5-1)26-38-11-17-44-19-13-40-28-34-7-2-6-33(23-34)27-39-12-18-43(16-10-37-25-31)20-14-41-29-35-8-3-9-36(24-35)30-42-15-21-44;2*1-2;;3*2-1(3,4)5;;/h1-9,22-24,37-42H,10-21,25-30H2;2*2H,1H3;1H;3*(H,2,3,4,5);;/q;;;;;;;2*+2/p-4. The third-order valence-corrected chi connectivity index (χ3v) is 8.58. The Bertz CT molecular complexity index is 1300. The van der Waals surface area contributed by atoms with Gasteiger partial charge in [0.15, 0.2) is 0 Å². The second-order valence-corrected chi connectivity index (χ2v) is 15.6. The zero-order valence-corrected chi connectivity index (χ0v) is 42.5. The second kappa shape index (κ2) is 43.0. The molecule has 2 radical (unpaired) electrons. The number of nitrogens with zero attached hydrogens (tertiary/aromatic N) is 2. The first-order valence-corrected chi connectivity index (χ1v) is 23.2. The zero-order chi connectivity index (χ0) is 47.6. The van der Waals surface area contributed by atoms with Crippen LogP contribution in [0.25, 0.3) is 0 Å². The Labute approximate surface area is 424 Å². The van der Waals surface area contributed by atoms with E-state index in [2.05, 4.69) is 114 Å². The van der Waals surface area contributed by atoms with Crippen LogP contribution in [0.2, 0.25) is 0 Å². The molecule has 66 heavy (non-hydrogen) atoms. The Kier molecular flexibility index (Phi) is 46.7. The fourth-order valence-corrected chi connectivity index (χ4v) is 6.04. The molecule has 0 amide bonds. The van der Waals surface area contributed by atoms with E-state index in [0.29, 0.717) is 0 Å². The van der Waals surface area contributed by atoms with Crippen molar-refractivity contribution in [1.29, 1.82) is 0 Å². The minimum Gasteiger partial charge on any atom is -1.00 e. The van der Waals surface area contributed by atoms with Gasteiger partial charge in [-0.1, -0.05) is 72.8 Å². The Hall–Kier alpha value is -0.857. The summed E-state index contributed by atoms with van der Waals surface area (Å²) in [5.41, 5.74) is 8.12. The van der Waals surface area contributed by atoms with E-state index in [1.54, 1.807) is 0 Å². The van der Waals surface area contributed by atoms with Crippen molar-refractivity contribution in [3.05, 3.63) is 106 Å². The molecule has 28 heteroatoms. The molecule has 0 atom stereocenters. The average molecular weight is 1160 g/mol. The fraction of sp³-hybridized carbons (Fsp3) is 0.526. The van der Waals surface area contributed by atoms with E-state index >= 15 is 0 Å². The maximum atomic E-state index is 8.49. The molecule has 384 valence electrons. The zero-order valence-electron chi connectivity index (χ0n) is 36.5. The van der Waals surface area contributed by atoms with Crippen LogP contribution < -0.4 is 105 Å². The van der Waals surface area contributed by atoms with Gasteiger partial charge in [-0.15, -0.1) is 30.7 Å². The van der Waals surface area contributed by atoms with Gasteiger partial charge in [0, 0.05) is 132 Å². The molecular formula is C38H62BrCl3Co2N8O14. The van der Waals surface area contributed by atoms with Crippen LogP contribution in [-0.2, 0) is 72.8 Å². The average Bonchev–Trinajstić information content (AvgIpc) is 3.20. The summed E-state index contributed by atoms with van der Waals surface area (Å²) >= 11 is 0. The molecule has 0 aromatic heterocycles. The van der Waals surface area contributed by atoms with Crippen molar-refractivity contribution in [2.75, 3.05) is 92.8 Å². The monoisotopic (exact) mass is 1160 g/mol. The Balaban J connectivity index is -0.000000747. The van der Waals surface area contributed by atoms with Crippen LogP contribution in [0.3, 0.4) is 0 Å². The first-order chi connectivity index (χ1) is 29.8. The molecule has 3 aromatic rings. The summed E-state index contributed by atoms with van der Waals surface area (Å²) in [5, 5.41) is 36.2. The molecule has 0 saturated carbocycles. The number of halogens is 4. The number of rotatable bonds is 0. The summed E-state index contributed by atoms with van der Waals surface area (Å²) in [6.45, 7) is 17.4. The molecule has 0 unspecified atom stereocenters. The number of hydrogen-bond donors (Lipinski definition) is 8. The Morgan fingerprint density at radius 2 is 0.485 bits per heavy atom. The van der Waals surface area contributed by atoms with Crippen LogP contribution >= 0.6 is 0 Å². The molecule has 0 fully saturated rings. The topological polar surface area (TPSA) is 396 Å². The molecular weight excluding hydrogens is 1100 g/mol. The molecule has 8 bridgehead atoms. The van der Waals surface area contributed by atoms with E-state index in [9.17, 15) is 0 Å².